The molecule has 0 spiro atoms. The molecule has 3 rings (SSSR count). The van der Waals surface area contributed by atoms with E-state index < -0.39 is 5.41 Å². The van der Waals surface area contributed by atoms with E-state index in [1.165, 1.54) is 16.0 Å². The van der Waals surface area contributed by atoms with E-state index in [0.29, 0.717) is 19.4 Å². The minimum atomic E-state index is -0.832. The molecule has 4 heteroatoms. The third-order valence-electron chi connectivity index (χ3n) is 4.16. The molecule has 3 nitrogen and oxygen atoms in total. The standard InChI is InChI=1S/C15H16N2OS/c1-11-9-19-13-4-7-17(8-12(11)13)14(18)15(10-16)5-2-3-6-15/h2-3,9H,4-8H2,1H3. The number of thiophene rings is 1. The monoisotopic (exact) mass is 272 g/mol. The third kappa shape index (κ3) is 1.89. The van der Waals surface area contributed by atoms with Crippen LogP contribution in [0.4, 0.5) is 0 Å². The highest BCUT2D eigenvalue weighted by Gasteiger charge is 2.42. The van der Waals surface area contributed by atoms with Crippen LogP contribution in [0.1, 0.15) is 28.8 Å². The molecule has 2 heterocycles. The molecule has 0 radical (unpaired) electrons. The summed E-state index contributed by atoms with van der Waals surface area (Å²) in [6.07, 6.45) is 5.95. The molecule has 1 aromatic rings. The lowest BCUT2D eigenvalue weighted by atomic mass is 9.85. The van der Waals surface area contributed by atoms with Gasteiger partial charge in [-0.05, 0) is 42.7 Å². The summed E-state index contributed by atoms with van der Waals surface area (Å²) in [5.41, 5.74) is 1.73. The first-order valence-electron chi connectivity index (χ1n) is 6.58. The van der Waals surface area contributed by atoms with E-state index in [1.807, 2.05) is 17.1 Å². The van der Waals surface area contributed by atoms with Gasteiger partial charge in [0.2, 0.25) is 5.91 Å². The summed E-state index contributed by atoms with van der Waals surface area (Å²) in [4.78, 5) is 15.9. The highest BCUT2D eigenvalue weighted by Crippen LogP contribution is 2.37. The lowest BCUT2D eigenvalue weighted by Gasteiger charge is -2.33. The van der Waals surface area contributed by atoms with Gasteiger partial charge in [0, 0.05) is 18.0 Å². The highest BCUT2D eigenvalue weighted by molar-refractivity contribution is 7.10. The first-order valence-corrected chi connectivity index (χ1v) is 7.46. The van der Waals surface area contributed by atoms with Crippen LogP contribution >= 0.6 is 11.3 Å². The number of allylic oxidation sites excluding steroid dienone is 2. The predicted octanol–water partition coefficient (Wildman–Crippen LogP) is 2.80. The molecule has 0 fully saturated rings. The summed E-state index contributed by atoms with van der Waals surface area (Å²) in [5.74, 6) is 0.0104. The maximum absolute atomic E-state index is 12.7. The zero-order valence-electron chi connectivity index (χ0n) is 11.0. The van der Waals surface area contributed by atoms with Crippen molar-refractivity contribution in [3.63, 3.8) is 0 Å². The van der Waals surface area contributed by atoms with Gasteiger partial charge >= 0.3 is 0 Å². The molecule has 0 saturated carbocycles. The van der Waals surface area contributed by atoms with Gasteiger partial charge in [0.1, 0.15) is 5.41 Å². The van der Waals surface area contributed by atoms with E-state index in [4.69, 9.17) is 0 Å². The highest BCUT2D eigenvalue weighted by atomic mass is 32.1. The quantitative estimate of drug-likeness (QED) is 0.738. The van der Waals surface area contributed by atoms with Crippen LogP contribution in [-0.4, -0.2) is 17.4 Å². The van der Waals surface area contributed by atoms with Crippen LogP contribution in [0.5, 0.6) is 0 Å². The van der Waals surface area contributed by atoms with Crippen LogP contribution in [-0.2, 0) is 17.8 Å². The molecular weight excluding hydrogens is 256 g/mol. The van der Waals surface area contributed by atoms with Gasteiger partial charge in [-0.3, -0.25) is 4.79 Å². The number of hydrogen-bond acceptors (Lipinski definition) is 3. The van der Waals surface area contributed by atoms with Crippen LogP contribution in [0.15, 0.2) is 17.5 Å². The minimum absolute atomic E-state index is 0.0104. The second-order valence-corrected chi connectivity index (χ2v) is 6.33. The first-order chi connectivity index (χ1) is 9.16. The molecule has 1 aromatic heterocycles. The summed E-state index contributed by atoms with van der Waals surface area (Å²) in [6.45, 7) is 3.52. The molecule has 19 heavy (non-hydrogen) atoms. The van der Waals surface area contributed by atoms with E-state index in [0.717, 1.165) is 13.0 Å². The maximum Gasteiger partial charge on any atom is 0.244 e. The number of carbonyl (C=O) groups excluding carboxylic acids is 1. The fraction of sp³-hybridized carbons (Fsp3) is 0.467. The van der Waals surface area contributed by atoms with E-state index in [9.17, 15) is 10.1 Å². The van der Waals surface area contributed by atoms with E-state index >= 15 is 0 Å². The van der Waals surface area contributed by atoms with Gasteiger partial charge in [-0.15, -0.1) is 11.3 Å². The van der Waals surface area contributed by atoms with Crippen LogP contribution < -0.4 is 0 Å². The zero-order chi connectivity index (χ0) is 13.5. The maximum atomic E-state index is 12.7. The van der Waals surface area contributed by atoms with Gasteiger partial charge in [0.05, 0.1) is 6.07 Å². The molecule has 0 saturated heterocycles. The molecule has 0 aromatic carbocycles. The van der Waals surface area contributed by atoms with Gasteiger partial charge < -0.3 is 4.90 Å². The molecule has 1 aliphatic heterocycles. The predicted molar refractivity (Wildman–Crippen MR) is 74.6 cm³/mol. The van der Waals surface area contributed by atoms with Crippen molar-refractivity contribution in [3.05, 3.63) is 33.5 Å². The Balaban J connectivity index is 1.83. The van der Waals surface area contributed by atoms with Crippen molar-refractivity contribution in [1.29, 1.82) is 5.26 Å². The number of fused-ring (bicyclic) bond motifs is 1. The first kappa shape index (κ1) is 12.4. The Kier molecular flexibility index (Phi) is 2.94. The third-order valence-corrected chi connectivity index (χ3v) is 5.36. The molecule has 0 unspecified atom stereocenters. The Bertz CT molecular complexity index is 586. The van der Waals surface area contributed by atoms with E-state index in [2.05, 4.69) is 18.4 Å². The molecule has 0 atom stereocenters. The molecule has 98 valence electrons. The normalized spacial score (nSPS) is 20.1. The van der Waals surface area contributed by atoms with Crippen molar-refractivity contribution in [2.24, 2.45) is 5.41 Å². The summed E-state index contributed by atoms with van der Waals surface area (Å²) in [5, 5.41) is 11.6. The van der Waals surface area contributed by atoms with Gasteiger partial charge in [-0.1, -0.05) is 12.2 Å². The van der Waals surface area contributed by atoms with Gasteiger partial charge in [0.15, 0.2) is 0 Å². The largest absolute Gasteiger partial charge is 0.337 e. The number of aryl methyl sites for hydroxylation is 1. The average Bonchev–Trinajstić information content (AvgIpc) is 3.06. The van der Waals surface area contributed by atoms with Gasteiger partial charge in [-0.2, -0.15) is 5.26 Å². The molecule has 1 aliphatic carbocycles. The topological polar surface area (TPSA) is 44.1 Å². The van der Waals surface area contributed by atoms with Gasteiger partial charge in [-0.25, -0.2) is 0 Å². The minimum Gasteiger partial charge on any atom is -0.337 e. The van der Waals surface area contributed by atoms with E-state index in [1.54, 1.807) is 11.3 Å². The van der Waals surface area contributed by atoms with Crippen molar-refractivity contribution in [2.75, 3.05) is 6.54 Å². The van der Waals surface area contributed by atoms with Crippen molar-refractivity contribution in [1.82, 2.24) is 4.90 Å². The van der Waals surface area contributed by atoms with Crippen LogP contribution in [0.3, 0.4) is 0 Å². The second kappa shape index (κ2) is 4.50. The average molecular weight is 272 g/mol. The lowest BCUT2D eigenvalue weighted by molar-refractivity contribution is -0.139. The zero-order valence-corrected chi connectivity index (χ0v) is 11.8. The fourth-order valence-corrected chi connectivity index (χ4v) is 3.93. The summed E-state index contributed by atoms with van der Waals surface area (Å²) >= 11 is 1.79. The summed E-state index contributed by atoms with van der Waals surface area (Å²) < 4.78 is 0. The van der Waals surface area contributed by atoms with Crippen molar-refractivity contribution >= 4 is 17.2 Å². The number of carbonyl (C=O) groups is 1. The van der Waals surface area contributed by atoms with Crippen LogP contribution in [0, 0.1) is 23.7 Å². The van der Waals surface area contributed by atoms with Gasteiger partial charge in [0.25, 0.3) is 0 Å². The number of nitrogens with zero attached hydrogens (tertiary/aromatic N) is 2. The van der Waals surface area contributed by atoms with Crippen LogP contribution in [0.2, 0.25) is 0 Å². The Morgan fingerprint density at radius 3 is 2.89 bits per heavy atom. The molecule has 1 amide bonds. The molecular formula is C15H16N2OS. The second-order valence-electron chi connectivity index (χ2n) is 5.37. The van der Waals surface area contributed by atoms with E-state index in [-0.39, 0.29) is 5.91 Å². The fourth-order valence-electron chi connectivity index (χ4n) is 2.89. The Hall–Kier alpha value is -1.60. The number of nitriles is 1. The number of amides is 1. The Morgan fingerprint density at radius 1 is 1.47 bits per heavy atom. The van der Waals surface area contributed by atoms with Crippen molar-refractivity contribution in [3.8, 4) is 6.07 Å². The summed E-state index contributed by atoms with van der Waals surface area (Å²) in [6, 6.07) is 2.26. The number of rotatable bonds is 1. The van der Waals surface area contributed by atoms with Crippen molar-refractivity contribution in [2.45, 2.75) is 32.7 Å². The molecule has 2 aliphatic rings. The molecule has 0 bridgehead atoms. The Labute approximate surface area is 117 Å². The summed E-state index contributed by atoms with van der Waals surface area (Å²) in [7, 11) is 0. The molecule has 0 N–H and O–H groups in total. The van der Waals surface area contributed by atoms with Crippen molar-refractivity contribution < 1.29 is 4.79 Å². The lowest BCUT2D eigenvalue weighted by Crippen LogP contribution is -2.44. The smallest absolute Gasteiger partial charge is 0.244 e. The Morgan fingerprint density at radius 2 is 2.21 bits per heavy atom. The van der Waals surface area contributed by atoms with Crippen LogP contribution in [0.25, 0.3) is 0 Å². The number of hydrogen-bond donors (Lipinski definition) is 0. The SMILES string of the molecule is Cc1csc2c1CN(C(=O)C1(C#N)CC=CC1)CC2.